The minimum Gasteiger partial charge on any atom is -0.356 e. The Hall–Kier alpha value is 0.0400. The summed E-state index contributed by atoms with van der Waals surface area (Å²) in [6.45, 7) is 4.46. The summed E-state index contributed by atoms with van der Waals surface area (Å²) in [4.78, 5) is 4.09. The van der Waals surface area contributed by atoms with Gasteiger partial charge in [-0.1, -0.05) is 6.08 Å². The van der Waals surface area contributed by atoms with Crippen molar-refractivity contribution >= 4 is 51.5 Å². The third-order valence-electron chi connectivity index (χ3n) is 2.57. The van der Waals surface area contributed by atoms with Crippen LogP contribution >= 0.6 is 35.7 Å². The normalized spacial score (nSPS) is 21.5. The van der Waals surface area contributed by atoms with E-state index in [-0.39, 0.29) is 41.5 Å². The first-order valence-electron chi connectivity index (χ1n) is 5.93. The molecule has 112 valence electrons. The van der Waals surface area contributed by atoms with E-state index in [9.17, 15) is 8.42 Å². The first-order valence-corrected chi connectivity index (χ1v) is 8.91. The molecule has 19 heavy (non-hydrogen) atoms. The van der Waals surface area contributed by atoms with Crippen LogP contribution in [0, 0.1) is 0 Å². The van der Waals surface area contributed by atoms with E-state index in [1.807, 2.05) is 6.08 Å². The fourth-order valence-electron chi connectivity index (χ4n) is 1.71. The van der Waals surface area contributed by atoms with Gasteiger partial charge in [-0.15, -0.1) is 30.6 Å². The lowest BCUT2D eigenvalue weighted by Gasteiger charge is -2.15. The highest BCUT2D eigenvalue weighted by Gasteiger charge is 2.28. The molecule has 0 spiro atoms. The molecule has 0 aromatic heterocycles. The lowest BCUT2D eigenvalue weighted by molar-refractivity contribution is 0.599. The van der Waals surface area contributed by atoms with E-state index in [2.05, 4.69) is 22.2 Å². The molecule has 1 atom stereocenters. The second kappa shape index (κ2) is 9.87. The molecule has 0 amide bonds. The van der Waals surface area contributed by atoms with Crippen molar-refractivity contribution in [1.29, 1.82) is 0 Å². The fraction of sp³-hybridized carbons (Fsp3) is 0.727. The van der Waals surface area contributed by atoms with Crippen molar-refractivity contribution in [2.45, 2.75) is 12.5 Å². The van der Waals surface area contributed by atoms with E-state index >= 15 is 0 Å². The largest absolute Gasteiger partial charge is 0.356 e. The smallest absolute Gasteiger partial charge is 0.191 e. The molecule has 5 nitrogen and oxygen atoms in total. The maximum Gasteiger partial charge on any atom is 0.191 e. The monoisotopic (exact) mass is 419 g/mol. The van der Waals surface area contributed by atoms with Gasteiger partial charge in [-0.25, -0.2) is 8.42 Å². The maximum atomic E-state index is 11.3. The quantitative estimate of drug-likeness (QED) is 0.220. The van der Waals surface area contributed by atoms with Crippen molar-refractivity contribution in [1.82, 2.24) is 10.6 Å². The lowest BCUT2D eigenvalue weighted by Crippen LogP contribution is -2.44. The molecule has 1 saturated heterocycles. The van der Waals surface area contributed by atoms with Gasteiger partial charge in [-0.3, -0.25) is 4.99 Å². The number of hydrogen-bond donors (Lipinski definition) is 2. The van der Waals surface area contributed by atoms with E-state index < -0.39 is 9.84 Å². The van der Waals surface area contributed by atoms with Gasteiger partial charge in [0.05, 0.1) is 11.5 Å². The number of hydrogen-bond acceptors (Lipinski definition) is 4. The summed E-state index contributed by atoms with van der Waals surface area (Å²) in [5.41, 5.74) is 0. The van der Waals surface area contributed by atoms with Gasteiger partial charge in [-0.05, 0) is 6.42 Å². The first kappa shape index (κ1) is 19.0. The minimum absolute atomic E-state index is 0. The van der Waals surface area contributed by atoms with Gasteiger partial charge < -0.3 is 10.6 Å². The zero-order valence-electron chi connectivity index (χ0n) is 11.1. The molecule has 0 radical (unpaired) electrons. The highest BCUT2D eigenvalue weighted by molar-refractivity contribution is 14.0. The number of rotatable bonds is 6. The van der Waals surface area contributed by atoms with Crippen LogP contribution in [0.25, 0.3) is 0 Å². The topological polar surface area (TPSA) is 70.6 Å². The summed E-state index contributed by atoms with van der Waals surface area (Å²) in [7, 11) is -1.15. The van der Waals surface area contributed by atoms with Crippen LogP contribution in [0.15, 0.2) is 17.6 Å². The summed E-state index contributed by atoms with van der Waals surface area (Å²) < 4.78 is 22.7. The highest BCUT2D eigenvalue weighted by atomic mass is 127. The summed E-state index contributed by atoms with van der Waals surface area (Å²) in [6.07, 6.45) is 2.54. The van der Waals surface area contributed by atoms with Gasteiger partial charge in [0.1, 0.15) is 0 Å². The molecule has 1 unspecified atom stereocenters. The van der Waals surface area contributed by atoms with Crippen molar-refractivity contribution in [3.8, 4) is 0 Å². The molecule has 1 heterocycles. The predicted octanol–water partition coefficient (Wildman–Crippen LogP) is 0.876. The van der Waals surface area contributed by atoms with Gasteiger partial charge in [-0.2, -0.15) is 11.8 Å². The Labute approximate surface area is 137 Å². The van der Waals surface area contributed by atoms with Gasteiger partial charge in [0.15, 0.2) is 15.8 Å². The molecular formula is C11H22IN3O2S2. The molecular weight excluding hydrogens is 397 g/mol. The Morgan fingerprint density at radius 2 is 2.32 bits per heavy atom. The van der Waals surface area contributed by atoms with E-state index in [4.69, 9.17) is 0 Å². The van der Waals surface area contributed by atoms with Crippen LogP contribution in [0.5, 0.6) is 0 Å². The van der Waals surface area contributed by atoms with E-state index in [1.54, 1.807) is 18.8 Å². The number of sulfone groups is 1. The van der Waals surface area contributed by atoms with Gasteiger partial charge in [0, 0.05) is 31.1 Å². The fourth-order valence-corrected chi connectivity index (χ4v) is 3.96. The van der Waals surface area contributed by atoms with Crippen LogP contribution in [0.3, 0.4) is 0 Å². The number of aliphatic imine (C=N–C) groups is 1. The van der Waals surface area contributed by atoms with Crippen LogP contribution < -0.4 is 10.6 Å². The predicted molar refractivity (Wildman–Crippen MR) is 94.5 cm³/mol. The second-order valence-corrected chi connectivity index (χ2v) is 7.49. The number of thioether (sulfide) groups is 1. The Morgan fingerprint density at radius 3 is 2.84 bits per heavy atom. The third kappa shape index (κ3) is 8.03. The molecule has 0 aromatic carbocycles. The summed E-state index contributed by atoms with van der Waals surface area (Å²) in [5.74, 6) is 3.07. The van der Waals surface area contributed by atoms with Crippen molar-refractivity contribution in [2.24, 2.45) is 4.99 Å². The second-order valence-electron chi connectivity index (χ2n) is 4.11. The van der Waals surface area contributed by atoms with Crippen LogP contribution in [-0.4, -0.2) is 57.0 Å². The molecule has 0 aliphatic carbocycles. The molecule has 1 aliphatic rings. The third-order valence-corrected chi connectivity index (χ3v) is 5.30. The van der Waals surface area contributed by atoms with Crippen molar-refractivity contribution in [2.75, 3.05) is 36.6 Å². The molecule has 0 aromatic rings. The van der Waals surface area contributed by atoms with Crippen LogP contribution in [0.2, 0.25) is 0 Å². The number of guanidine groups is 1. The molecule has 0 saturated carbocycles. The summed E-state index contributed by atoms with van der Waals surface area (Å²) in [6, 6.07) is -0.0120. The molecule has 8 heteroatoms. The maximum absolute atomic E-state index is 11.3. The van der Waals surface area contributed by atoms with Crippen LogP contribution in [0.4, 0.5) is 0 Å². The lowest BCUT2D eigenvalue weighted by atomic mass is 10.3. The Balaban J connectivity index is 0.00000324. The number of nitrogens with one attached hydrogen (secondary N) is 2. The van der Waals surface area contributed by atoms with Crippen molar-refractivity contribution in [3.05, 3.63) is 12.7 Å². The zero-order valence-corrected chi connectivity index (χ0v) is 15.1. The highest BCUT2D eigenvalue weighted by Crippen LogP contribution is 2.10. The Morgan fingerprint density at radius 1 is 1.58 bits per heavy atom. The first-order chi connectivity index (χ1) is 8.57. The standard InChI is InChI=1S/C11H21N3O2S2.HI/c1-3-6-17-7-5-13-11(12-2)14-10-4-8-18(15,16)9-10;/h3,10H,1,4-9H2,2H3,(H2,12,13,14);1H. The number of nitrogens with zero attached hydrogens (tertiary/aromatic N) is 1. The van der Waals surface area contributed by atoms with Crippen molar-refractivity contribution < 1.29 is 8.42 Å². The zero-order chi connectivity index (χ0) is 13.4. The average Bonchev–Trinajstić information content (AvgIpc) is 2.67. The van der Waals surface area contributed by atoms with E-state index in [0.29, 0.717) is 12.4 Å². The van der Waals surface area contributed by atoms with Gasteiger partial charge in [0.25, 0.3) is 0 Å². The Kier molecular flexibility index (Phi) is 9.89. The molecule has 1 fully saturated rings. The van der Waals surface area contributed by atoms with Gasteiger partial charge in [0.2, 0.25) is 0 Å². The SMILES string of the molecule is C=CCSCCNC(=NC)NC1CCS(=O)(=O)C1.I. The van der Waals surface area contributed by atoms with Crippen LogP contribution in [0.1, 0.15) is 6.42 Å². The number of halogens is 1. The molecule has 1 aliphatic heterocycles. The summed E-state index contributed by atoms with van der Waals surface area (Å²) >= 11 is 1.79. The van der Waals surface area contributed by atoms with E-state index in [0.717, 1.165) is 18.1 Å². The Bertz CT molecular complexity index is 399. The molecule has 2 N–H and O–H groups in total. The van der Waals surface area contributed by atoms with E-state index in [1.165, 1.54) is 0 Å². The summed E-state index contributed by atoms with van der Waals surface area (Å²) in [5, 5.41) is 6.31. The van der Waals surface area contributed by atoms with Crippen LogP contribution in [-0.2, 0) is 9.84 Å². The molecule has 0 bridgehead atoms. The van der Waals surface area contributed by atoms with Crippen molar-refractivity contribution in [3.63, 3.8) is 0 Å². The molecule has 1 rings (SSSR count). The minimum atomic E-state index is -2.84. The average molecular weight is 419 g/mol. The van der Waals surface area contributed by atoms with Gasteiger partial charge >= 0.3 is 0 Å².